The lowest BCUT2D eigenvalue weighted by Gasteiger charge is -2.36. The molecule has 1 saturated carbocycles. The van der Waals surface area contributed by atoms with Crippen molar-refractivity contribution < 1.29 is 9.53 Å². The van der Waals surface area contributed by atoms with Crippen LogP contribution in [0.25, 0.3) is 0 Å². The van der Waals surface area contributed by atoms with Crippen LogP contribution in [0.1, 0.15) is 52.4 Å². The van der Waals surface area contributed by atoms with E-state index in [1.165, 1.54) is 0 Å². The highest BCUT2D eigenvalue weighted by molar-refractivity contribution is 5.79. The zero-order valence-corrected chi connectivity index (χ0v) is 11.6. The van der Waals surface area contributed by atoms with Crippen molar-refractivity contribution in [2.24, 2.45) is 11.7 Å². The first-order chi connectivity index (χ1) is 8.46. The molecule has 1 atom stereocenters. The average Bonchev–Trinajstić information content (AvgIpc) is 2.28. The fraction of sp³-hybridized carbons (Fsp3) is 0.929. The number of hydrogen-bond acceptors (Lipinski definition) is 3. The minimum Gasteiger partial charge on any atom is -0.375 e. The summed E-state index contributed by atoms with van der Waals surface area (Å²) in [5, 5.41) is 3.20. The van der Waals surface area contributed by atoms with Crippen molar-refractivity contribution in [3.05, 3.63) is 0 Å². The molecule has 2 fully saturated rings. The van der Waals surface area contributed by atoms with Gasteiger partial charge >= 0.3 is 0 Å². The molecule has 1 aliphatic heterocycles. The quantitative estimate of drug-likeness (QED) is 0.786. The van der Waals surface area contributed by atoms with E-state index in [0.717, 1.165) is 45.1 Å². The van der Waals surface area contributed by atoms with Gasteiger partial charge in [0, 0.05) is 24.6 Å². The van der Waals surface area contributed by atoms with Gasteiger partial charge in [-0.1, -0.05) is 0 Å². The van der Waals surface area contributed by atoms with Crippen LogP contribution in [0, 0.1) is 5.92 Å². The summed E-state index contributed by atoms with van der Waals surface area (Å²) in [7, 11) is 0. The maximum absolute atomic E-state index is 12.2. The molecule has 1 saturated heterocycles. The molecule has 0 aromatic carbocycles. The molecule has 0 aromatic rings. The minimum atomic E-state index is -0.106. The summed E-state index contributed by atoms with van der Waals surface area (Å²) in [6, 6.07) is 0.577. The van der Waals surface area contributed by atoms with E-state index >= 15 is 0 Å². The first kappa shape index (κ1) is 13.8. The molecule has 1 unspecified atom stereocenters. The Morgan fingerprint density at radius 3 is 2.50 bits per heavy atom. The number of rotatable bonds is 2. The van der Waals surface area contributed by atoms with Gasteiger partial charge in [0.2, 0.25) is 5.91 Å². The maximum Gasteiger partial charge on any atom is 0.223 e. The van der Waals surface area contributed by atoms with Gasteiger partial charge in [0.15, 0.2) is 0 Å². The third kappa shape index (κ3) is 3.69. The van der Waals surface area contributed by atoms with Gasteiger partial charge in [0.25, 0.3) is 0 Å². The molecule has 104 valence electrons. The molecule has 0 aromatic heterocycles. The molecule has 0 bridgehead atoms. The standard InChI is InChI=1S/C14H26N2O2/c1-14(2)9-12(7-8-18-14)16-13(17)10-3-5-11(15)6-4-10/h10-12H,3-9,15H2,1-2H3,(H,16,17). The summed E-state index contributed by atoms with van der Waals surface area (Å²) in [6.45, 7) is 4.92. The summed E-state index contributed by atoms with van der Waals surface area (Å²) >= 11 is 0. The molecule has 3 N–H and O–H groups in total. The Kier molecular flexibility index (Phi) is 4.28. The molecule has 2 aliphatic rings. The number of nitrogens with one attached hydrogen (secondary N) is 1. The molecule has 18 heavy (non-hydrogen) atoms. The van der Waals surface area contributed by atoms with Gasteiger partial charge < -0.3 is 15.8 Å². The minimum absolute atomic E-state index is 0.106. The Hall–Kier alpha value is -0.610. The van der Waals surface area contributed by atoms with E-state index in [4.69, 9.17) is 10.5 Å². The number of carbonyl (C=O) groups excluding carboxylic acids is 1. The van der Waals surface area contributed by atoms with E-state index < -0.39 is 0 Å². The average molecular weight is 254 g/mol. The van der Waals surface area contributed by atoms with Gasteiger partial charge in [-0.05, 0) is 52.4 Å². The van der Waals surface area contributed by atoms with Gasteiger partial charge in [0.05, 0.1) is 5.60 Å². The van der Waals surface area contributed by atoms with E-state index in [-0.39, 0.29) is 23.5 Å². The highest BCUT2D eigenvalue weighted by Crippen LogP contribution is 2.26. The topological polar surface area (TPSA) is 64.4 Å². The van der Waals surface area contributed by atoms with Crippen LogP contribution in [0.15, 0.2) is 0 Å². The van der Waals surface area contributed by atoms with Crippen LogP contribution < -0.4 is 11.1 Å². The van der Waals surface area contributed by atoms with Crippen molar-refractivity contribution in [3.63, 3.8) is 0 Å². The number of ether oxygens (including phenoxy) is 1. The van der Waals surface area contributed by atoms with Gasteiger partial charge in [-0.15, -0.1) is 0 Å². The Labute approximate surface area is 110 Å². The third-order valence-corrected chi connectivity index (χ3v) is 4.19. The molecule has 4 nitrogen and oxygen atoms in total. The molecular formula is C14H26N2O2. The molecule has 1 heterocycles. The van der Waals surface area contributed by atoms with Crippen molar-refractivity contribution in [2.75, 3.05) is 6.61 Å². The second kappa shape index (κ2) is 5.57. The second-order valence-electron chi connectivity index (χ2n) is 6.42. The lowest BCUT2D eigenvalue weighted by molar-refractivity contribution is -0.129. The highest BCUT2D eigenvalue weighted by Gasteiger charge is 2.32. The summed E-state index contributed by atoms with van der Waals surface area (Å²) in [4.78, 5) is 12.2. The lowest BCUT2D eigenvalue weighted by Crippen LogP contribution is -2.48. The van der Waals surface area contributed by atoms with Crippen LogP contribution in [0.4, 0.5) is 0 Å². The van der Waals surface area contributed by atoms with E-state index in [1.54, 1.807) is 0 Å². The zero-order valence-electron chi connectivity index (χ0n) is 11.6. The van der Waals surface area contributed by atoms with Gasteiger partial charge in [-0.3, -0.25) is 4.79 Å². The van der Waals surface area contributed by atoms with Crippen LogP contribution in [0.2, 0.25) is 0 Å². The molecule has 2 rings (SSSR count). The second-order valence-corrected chi connectivity index (χ2v) is 6.42. The lowest BCUT2D eigenvalue weighted by atomic mass is 9.85. The number of carbonyl (C=O) groups is 1. The van der Waals surface area contributed by atoms with E-state index in [1.807, 2.05) is 0 Å². The molecule has 1 amide bonds. The highest BCUT2D eigenvalue weighted by atomic mass is 16.5. The monoisotopic (exact) mass is 254 g/mol. The van der Waals surface area contributed by atoms with Crippen LogP contribution in [0.3, 0.4) is 0 Å². The Morgan fingerprint density at radius 1 is 1.22 bits per heavy atom. The predicted octanol–water partition coefficient (Wildman–Crippen LogP) is 1.58. The summed E-state index contributed by atoms with van der Waals surface area (Å²) in [5.74, 6) is 0.403. The smallest absolute Gasteiger partial charge is 0.223 e. The largest absolute Gasteiger partial charge is 0.375 e. The van der Waals surface area contributed by atoms with Crippen LogP contribution in [-0.4, -0.2) is 30.2 Å². The van der Waals surface area contributed by atoms with Crippen molar-refractivity contribution in [3.8, 4) is 0 Å². The predicted molar refractivity (Wildman–Crippen MR) is 71.1 cm³/mol. The Balaban J connectivity index is 1.80. The first-order valence-electron chi connectivity index (χ1n) is 7.16. The van der Waals surface area contributed by atoms with Crippen molar-refractivity contribution in [1.29, 1.82) is 0 Å². The third-order valence-electron chi connectivity index (χ3n) is 4.19. The molecular weight excluding hydrogens is 228 g/mol. The van der Waals surface area contributed by atoms with Gasteiger partial charge in [-0.2, -0.15) is 0 Å². The Bertz CT molecular complexity index is 296. The number of amides is 1. The number of nitrogens with two attached hydrogens (primary N) is 1. The normalized spacial score (nSPS) is 36.1. The molecule has 0 spiro atoms. The summed E-state index contributed by atoms with van der Waals surface area (Å²) in [6.07, 6.45) is 5.69. The van der Waals surface area contributed by atoms with Crippen LogP contribution >= 0.6 is 0 Å². The van der Waals surface area contributed by atoms with Gasteiger partial charge in [-0.25, -0.2) is 0 Å². The van der Waals surface area contributed by atoms with E-state index in [0.29, 0.717) is 6.04 Å². The van der Waals surface area contributed by atoms with Crippen molar-refractivity contribution in [1.82, 2.24) is 5.32 Å². The molecule has 0 radical (unpaired) electrons. The van der Waals surface area contributed by atoms with Crippen LogP contribution in [0.5, 0.6) is 0 Å². The molecule has 1 aliphatic carbocycles. The number of hydrogen-bond donors (Lipinski definition) is 2. The van der Waals surface area contributed by atoms with Crippen molar-refractivity contribution in [2.45, 2.75) is 70.1 Å². The fourth-order valence-corrected chi connectivity index (χ4v) is 3.06. The van der Waals surface area contributed by atoms with Gasteiger partial charge in [0.1, 0.15) is 0 Å². The first-order valence-corrected chi connectivity index (χ1v) is 7.16. The maximum atomic E-state index is 12.2. The van der Waals surface area contributed by atoms with Crippen LogP contribution in [-0.2, 0) is 9.53 Å². The zero-order chi connectivity index (χ0) is 13.2. The fourth-order valence-electron chi connectivity index (χ4n) is 3.06. The van der Waals surface area contributed by atoms with E-state index in [2.05, 4.69) is 19.2 Å². The Morgan fingerprint density at radius 2 is 1.89 bits per heavy atom. The van der Waals surface area contributed by atoms with Crippen molar-refractivity contribution >= 4 is 5.91 Å². The summed E-state index contributed by atoms with van der Waals surface area (Å²) < 4.78 is 5.67. The van der Waals surface area contributed by atoms with E-state index in [9.17, 15) is 4.79 Å². The summed E-state index contributed by atoms with van der Waals surface area (Å²) in [5.41, 5.74) is 5.76. The SMILES string of the molecule is CC1(C)CC(NC(=O)C2CCC(N)CC2)CCO1. The molecule has 4 heteroatoms.